The molecule has 0 unspecified atom stereocenters. The number of imidazole rings is 1. The minimum absolute atomic E-state index is 0.00250. The Bertz CT molecular complexity index is 1540. The summed E-state index contributed by atoms with van der Waals surface area (Å²) in [7, 11) is -6.64. The smallest absolute Gasteiger partial charge is 0.192 e. The van der Waals surface area contributed by atoms with Crippen LogP contribution in [0.15, 0.2) is 36.9 Å². The van der Waals surface area contributed by atoms with Crippen molar-refractivity contribution in [3.8, 4) is 0 Å². The monoisotopic (exact) mass is 699 g/mol. The maximum atomic E-state index is 7.35. The molecule has 1 saturated heterocycles. The first-order chi connectivity index (χ1) is 21.4. The van der Waals surface area contributed by atoms with Crippen LogP contribution >= 0.6 is 0 Å². The zero-order valence-electron chi connectivity index (χ0n) is 31.9. The second-order valence-corrected chi connectivity index (χ2v) is 32.1. The number of anilines is 2. The van der Waals surface area contributed by atoms with Gasteiger partial charge < -0.3 is 23.3 Å². The molecule has 9 nitrogen and oxygen atoms in total. The summed E-state index contributed by atoms with van der Waals surface area (Å²) in [5.74, 6) is 0.648. The van der Waals surface area contributed by atoms with Gasteiger partial charge in [0, 0.05) is 5.69 Å². The third-order valence-electron chi connectivity index (χ3n) is 11.2. The molecule has 4 atom stereocenters. The summed E-state index contributed by atoms with van der Waals surface area (Å²) in [6.07, 6.45) is 1.83. The molecule has 0 radical (unpaired) electrons. The van der Waals surface area contributed by atoms with Crippen molar-refractivity contribution in [1.82, 2.24) is 19.5 Å². The number of nitrogens with zero attached hydrogens (tertiary/aromatic N) is 4. The van der Waals surface area contributed by atoms with Crippen LogP contribution in [-0.4, -0.2) is 69.4 Å². The van der Waals surface area contributed by atoms with Crippen LogP contribution in [-0.2, 0) is 18.0 Å². The molecule has 4 rings (SSSR count). The van der Waals surface area contributed by atoms with Crippen molar-refractivity contribution in [3.63, 3.8) is 0 Å². The van der Waals surface area contributed by atoms with E-state index in [2.05, 4.69) is 125 Å². The molecule has 0 aliphatic carbocycles. The van der Waals surface area contributed by atoms with Crippen molar-refractivity contribution in [2.24, 2.45) is 0 Å². The van der Waals surface area contributed by atoms with E-state index in [-0.39, 0.29) is 27.3 Å². The van der Waals surface area contributed by atoms with Crippen LogP contribution in [0.2, 0.25) is 54.4 Å². The molecule has 0 amide bonds. The number of hydrogen-bond donors (Lipinski definition) is 1. The molecule has 0 spiro atoms. The van der Waals surface area contributed by atoms with E-state index in [1.807, 2.05) is 29.1 Å². The highest BCUT2D eigenvalue weighted by Gasteiger charge is 2.55. The van der Waals surface area contributed by atoms with Gasteiger partial charge in [0.15, 0.2) is 48.2 Å². The normalized spacial score (nSPS) is 21.9. The summed E-state index contributed by atoms with van der Waals surface area (Å²) in [6, 6.07) is 8.15. The van der Waals surface area contributed by atoms with Gasteiger partial charge in [-0.05, 0) is 73.0 Å². The summed E-state index contributed by atoms with van der Waals surface area (Å²) in [5, 5.41) is 3.53. The molecule has 0 saturated carbocycles. The highest BCUT2D eigenvalue weighted by atomic mass is 28.4. The molecule has 1 N–H and O–H groups in total. The summed E-state index contributed by atoms with van der Waals surface area (Å²) in [6.45, 7) is 36.7. The molecule has 3 aromatic rings. The van der Waals surface area contributed by atoms with Gasteiger partial charge in [-0.1, -0.05) is 80.5 Å². The predicted octanol–water partition coefficient (Wildman–Crippen LogP) is 9.58. The number of aryl methyl sites for hydroxylation is 1. The van der Waals surface area contributed by atoms with Crippen molar-refractivity contribution >= 4 is 47.6 Å². The SMILES string of the molecule is Cc1ccccc1Nc1ncnc2c1ncn2[C@@H]1O[C@H](CO[Si](C)(C)C(C)(C)C)[C@@H](O[Si](C)(C)C(C)(C)C)[C@H]1O[Si](C)(C)C(C)(C)C. The van der Waals surface area contributed by atoms with Crippen LogP contribution in [0.25, 0.3) is 11.2 Å². The van der Waals surface area contributed by atoms with Gasteiger partial charge in [-0.25, -0.2) is 15.0 Å². The van der Waals surface area contributed by atoms with Gasteiger partial charge in [-0.3, -0.25) is 4.57 Å². The van der Waals surface area contributed by atoms with Gasteiger partial charge in [0.05, 0.1) is 12.9 Å². The summed E-state index contributed by atoms with van der Waals surface area (Å²) >= 11 is 0. The Morgan fingerprint density at radius 2 is 1.32 bits per heavy atom. The lowest BCUT2D eigenvalue weighted by Crippen LogP contribution is -2.54. The van der Waals surface area contributed by atoms with Crippen LogP contribution in [0, 0.1) is 6.92 Å². The molecule has 1 aliphatic heterocycles. The molecule has 12 heteroatoms. The number of para-hydroxylation sites is 1. The Morgan fingerprint density at radius 3 is 1.87 bits per heavy atom. The number of ether oxygens (including phenoxy) is 1. The van der Waals surface area contributed by atoms with Gasteiger partial charge >= 0.3 is 0 Å². The van der Waals surface area contributed by atoms with Crippen LogP contribution in [0.1, 0.15) is 74.1 Å². The van der Waals surface area contributed by atoms with Gasteiger partial charge in [-0.15, -0.1) is 0 Å². The highest BCUT2D eigenvalue weighted by Crippen LogP contribution is 2.47. The third kappa shape index (κ3) is 7.94. The molecular formula is C35H61N5O4Si3. The zero-order chi connectivity index (χ0) is 35.4. The van der Waals surface area contributed by atoms with E-state index in [1.165, 1.54) is 0 Å². The standard InChI is InChI=1S/C35H61N5O4Si3/c1-24-19-17-18-20-25(24)39-30-27-31(37-22-36-30)40(23-38-27)32-29(44-47(15,16)35(8,9)10)28(43-46(13,14)34(5,6)7)26(42-32)21-41-45(11,12)33(2,3)4/h17-20,22-23,26,28-29,32H,21H2,1-16H3,(H,36,37,39)/t26-,28-,29-,32-/m1/s1. The first kappa shape index (κ1) is 37.9. The van der Waals surface area contributed by atoms with Gasteiger partial charge in [-0.2, -0.15) is 0 Å². The Hall–Kier alpha value is -1.94. The number of benzene rings is 1. The topological polar surface area (TPSA) is 92.6 Å². The number of aromatic nitrogens is 4. The minimum Gasteiger partial charge on any atom is -0.414 e. The highest BCUT2D eigenvalue weighted by molar-refractivity contribution is 6.75. The Morgan fingerprint density at radius 1 is 0.766 bits per heavy atom. The average molecular weight is 700 g/mol. The average Bonchev–Trinajstić information content (AvgIpc) is 3.48. The van der Waals surface area contributed by atoms with Crippen molar-refractivity contribution < 1.29 is 18.0 Å². The Kier molecular flexibility index (Phi) is 10.5. The molecule has 0 bridgehead atoms. The van der Waals surface area contributed by atoms with Crippen molar-refractivity contribution in [1.29, 1.82) is 0 Å². The quantitative estimate of drug-likeness (QED) is 0.209. The Labute approximate surface area is 287 Å². The van der Waals surface area contributed by atoms with Crippen LogP contribution in [0.3, 0.4) is 0 Å². The maximum Gasteiger partial charge on any atom is 0.192 e. The lowest BCUT2D eigenvalue weighted by atomic mass is 10.1. The van der Waals surface area contributed by atoms with E-state index in [9.17, 15) is 0 Å². The summed E-state index contributed by atoms with van der Waals surface area (Å²) in [5.41, 5.74) is 3.45. The molecular weight excluding hydrogens is 639 g/mol. The first-order valence-corrected chi connectivity index (χ1v) is 25.7. The molecule has 1 aliphatic rings. The maximum absolute atomic E-state index is 7.35. The third-order valence-corrected chi connectivity index (χ3v) is 24.7. The second-order valence-electron chi connectivity index (χ2n) is 17.8. The van der Waals surface area contributed by atoms with E-state index < -0.39 is 37.3 Å². The van der Waals surface area contributed by atoms with E-state index >= 15 is 0 Å². The fourth-order valence-corrected chi connectivity index (χ4v) is 8.46. The molecule has 3 heterocycles. The van der Waals surface area contributed by atoms with Gasteiger partial charge in [0.1, 0.15) is 24.6 Å². The molecule has 47 heavy (non-hydrogen) atoms. The number of fused-ring (bicyclic) bond motifs is 1. The van der Waals surface area contributed by atoms with E-state index in [1.54, 1.807) is 6.33 Å². The lowest BCUT2D eigenvalue weighted by molar-refractivity contribution is -0.0470. The summed E-state index contributed by atoms with van der Waals surface area (Å²) in [4.78, 5) is 14.2. The largest absolute Gasteiger partial charge is 0.414 e. The Balaban J connectivity index is 1.83. The van der Waals surface area contributed by atoms with Crippen LogP contribution < -0.4 is 5.32 Å². The fourth-order valence-electron chi connectivity index (χ4n) is 4.85. The number of rotatable bonds is 10. The van der Waals surface area contributed by atoms with Crippen molar-refractivity contribution in [2.45, 2.75) is 148 Å². The van der Waals surface area contributed by atoms with E-state index in [4.69, 9.17) is 28.0 Å². The minimum atomic E-state index is -2.30. The second kappa shape index (κ2) is 13.1. The van der Waals surface area contributed by atoms with Gasteiger partial charge in [0.25, 0.3) is 0 Å². The molecule has 2 aromatic heterocycles. The molecule has 262 valence electrons. The predicted molar refractivity (Wildman–Crippen MR) is 201 cm³/mol. The fraction of sp³-hybridized carbons (Fsp3) is 0.686. The zero-order valence-corrected chi connectivity index (χ0v) is 34.9. The van der Waals surface area contributed by atoms with E-state index in [0.29, 0.717) is 23.6 Å². The number of hydrogen-bond acceptors (Lipinski definition) is 8. The van der Waals surface area contributed by atoms with Crippen LogP contribution in [0.4, 0.5) is 11.5 Å². The summed E-state index contributed by atoms with van der Waals surface area (Å²) < 4.78 is 30.6. The molecule has 1 aromatic carbocycles. The van der Waals surface area contributed by atoms with Crippen molar-refractivity contribution in [2.75, 3.05) is 11.9 Å². The number of nitrogens with one attached hydrogen (secondary N) is 1. The van der Waals surface area contributed by atoms with E-state index in [0.717, 1.165) is 11.3 Å². The molecule has 1 fully saturated rings. The van der Waals surface area contributed by atoms with Crippen molar-refractivity contribution in [3.05, 3.63) is 42.5 Å². The van der Waals surface area contributed by atoms with Gasteiger partial charge in [0.2, 0.25) is 0 Å². The van der Waals surface area contributed by atoms with Crippen LogP contribution in [0.5, 0.6) is 0 Å². The first-order valence-electron chi connectivity index (χ1n) is 17.0. The lowest BCUT2D eigenvalue weighted by Gasteiger charge is -2.44.